The molecule has 1 aromatic carbocycles. The molecule has 0 heterocycles. The minimum absolute atomic E-state index is 0.0283. The minimum Gasteiger partial charge on any atom is -0.399 e. The molecule has 0 saturated heterocycles. The molecule has 0 fully saturated rings. The highest BCUT2D eigenvalue weighted by Crippen LogP contribution is 2.11. The summed E-state index contributed by atoms with van der Waals surface area (Å²) in [6.07, 6.45) is 2.78. The Labute approximate surface area is 120 Å². The molecule has 20 heavy (non-hydrogen) atoms. The average molecular weight is 279 g/mol. The summed E-state index contributed by atoms with van der Waals surface area (Å²) in [5, 5.41) is 11.6. The second kappa shape index (κ2) is 8.55. The molecule has 0 spiro atoms. The van der Waals surface area contributed by atoms with Gasteiger partial charge in [-0.15, -0.1) is 0 Å². The lowest BCUT2D eigenvalue weighted by Crippen LogP contribution is -2.40. The van der Waals surface area contributed by atoms with E-state index in [0.717, 1.165) is 31.5 Å². The molecule has 0 radical (unpaired) electrons. The number of nitrogens with one attached hydrogen (secondary N) is 1. The van der Waals surface area contributed by atoms with Gasteiger partial charge in [-0.2, -0.15) is 0 Å². The van der Waals surface area contributed by atoms with E-state index in [1.807, 2.05) is 18.9 Å². The van der Waals surface area contributed by atoms with Gasteiger partial charge in [0.25, 0.3) is 0 Å². The number of likely N-dealkylation sites (N-methyl/N-ethyl adjacent to an activating group) is 1. The quantitative estimate of drug-likeness (QED) is 0.500. The fourth-order valence-corrected chi connectivity index (χ4v) is 1.86. The number of aliphatic hydroxyl groups is 1. The molecule has 112 valence electrons. The number of unbranched alkanes of at least 4 members (excludes halogenated alkanes) is 2. The van der Waals surface area contributed by atoms with E-state index in [1.165, 1.54) is 0 Å². The van der Waals surface area contributed by atoms with Crippen LogP contribution >= 0.6 is 0 Å². The van der Waals surface area contributed by atoms with Crippen LogP contribution in [-0.4, -0.2) is 42.2 Å². The first-order valence-corrected chi connectivity index (χ1v) is 7.02. The summed E-state index contributed by atoms with van der Waals surface area (Å²) in [4.78, 5) is 14.1. The summed E-state index contributed by atoms with van der Waals surface area (Å²) in [6.45, 7) is 2.96. The Morgan fingerprint density at radius 2 is 1.95 bits per heavy atom. The van der Waals surface area contributed by atoms with Crippen LogP contribution in [0.25, 0.3) is 0 Å². The van der Waals surface area contributed by atoms with Gasteiger partial charge in [-0.3, -0.25) is 9.69 Å². The first-order chi connectivity index (χ1) is 9.54. The number of aliphatic hydroxyl groups excluding tert-OH is 1. The maximum atomic E-state index is 12.1. The van der Waals surface area contributed by atoms with Gasteiger partial charge in [-0.25, -0.2) is 0 Å². The van der Waals surface area contributed by atoms with Crippen LogP contribution in [0.15, 0.2) is 24.3 Å². The van der Waals surface area contributed by atoms with Crippen LogP contribution in [0, 0.1) is 0 Å². The predicted octanol–water partition coefficient (Wildman–Crippen LogP) is 1.69. The van der Waals surface area contributed by atoms with Crippen molar-refractivity contribution in [3.8, 4) is 0 Å². The molecule has 0 aliphatic rings. The first kappa shape index (κ1) is 16.5. The topological polar surface area (TPSA) is 78.6 Å². The summed E-state index contributed by atoms with van der Waals surface area (Å²) in [6, 6.07) is 6.92. The molecule has 0 bridgehead atoms. The number of amides is 1. The van der Waals surface area contributed by atoms with E-state index in [2.05, 4.69) is 5.32 Å². The molecular formula is C15H25N3O2. The third-order valence-corrected chi connectivity index (χ3v) is 3.39. The molecule has 4 N–H and O–H groups in total. The van der Waals surface area contributed by atoms with Crippen LogP contribution in [-0.2, 0) is 4.79 Å². The van der Waals surface area contributed by atoms with E-state index in [0.29, 0.717) is 5.69 Å². The van der Waals surface area contributed by atoms with Gasteiger partial charge in [0.15, 0.2) is 0 Å². The summed E-state index contributed by atoms with van der Waals surface area (Å²) in [5.41, 5.74) is 7.04. The van der Waals surface area contributed by atoms with Crippen LogP contribution < -0.4 is 11.1 Å². The van der Waals surface area contributed by atoms with Gasteiger partial charge in [0.1, 0.15) is 0 Å². The van der Waals surface area contributed by atoms with Crippen molar-refractivity contribution in [2.24, 2.45) is 0 Å². The molecule has 5 nitrogen and oxygen atoms in total. The zero-order valence-corrected chi connectivity index (χ0v) is 12.3. The lowest BCUT2D eigenvalue weighted by Gasteiger charge is -2.23. The lowest BCUT2D eigenvalue weighted by atomic mass is 10.2. The predicted molar refractivity (Wildman–Crippen MR) is 82.5 cm³/mol. The Morgan fingerprint density at radius 3 is 2.55 bits per heavy atom. The Kier molecular flexibility index (Phi) is 7.04. The number of nitrogens with zero attached hydrogens (tertiary/aromatic N) is 1. The molecule has 1 unspecified atom stereocenters. The smallest absolute Gasteiger partial charge is 0.241 e. The fraction of sp³-hybridized carbons (Fsp3) is 0.533. The van der Waals surface area contributed by atoms with Gasteiger partial charge >= 0.3 is 0 Å². The van der Waals surface area contributed by atoms with Gasteiger partial charge in [0, 0.05) is 18.0 Å². The molecule has 1 rings (SSSR count). The van der Waals surface area contributed by atoms with Crippen LogP contribution in [0.5, 0.6) is 0 Å². The van der Waals surface area contributed by atoms with E-state index < -0.39 is 0 Å². The molecule has 1 aromatic rings. The number of nitrogens with two attached hydrogens (primary N) is 1. The summed E-state index contributed by atoms with van der Waals surface area (Å²) in [7, 11) is 1.94. The standard InChI is InChI=1S/C15H25N3O2/c1-12(18(2)10-4-3-5-11-19)15(20)17-14-8-6-13(16)7-9-14/h6-9,12,19H,3-5,10-11,16H2,1-2H3,(H,17,20). The number of nitrogen functional groups attached to an aromatic ring is 1. The minimum atomic E-state index is -0.193. The van der Waals surface area contributed by atoms with Crippen molar-refractivity contribution in [3.63, 3.8) is 0 Å². The third kappa shape index (κ3) is 5.59. The Morgan fingerprint density at radius 1 is 1.30 bits per heavy atom. The first-order valence-electron chi connectivity index (χ1n) is 7.02. The number of hydrogen-bond acceptors (Lipinski definition) is 4. The van der Waals surface area contributed by atoms with Crippen molar-refractivity contribution in [3.05, 3.63) is 24.3 Å². The number of rotatable bonds is 8. The van der Waals surface area contributed by atoms with Crippen molar-refractivity contribution < 1.29 is 9.90 Å². The largest absolute Gasteiger partial charge is 0.399 e. The number of benzene rings is 1. The Hall–Kier alpha value is -1.59. The van der Waals surface area contributed by atoms with Gasteiger partial charge in [-0.05, 0) is 64.0 Å². The van der Waals surface area contributed by atoms with Gasteiger partial charge in [0.05, 0.1) is 6.04 Å². The highest BCUT2D eigenvalue weighted by atomic mass is 16.2. The van der Waals surface area contributed by atoms with Crippen LogP contribution in [0.4, 0.5) is 11.4 Å². The van der Waals surface area contributed by atoms with Crippen molar-refractivity contribution in [2.45, 2.75) is 32.2 Å². The average Bonchev–Trinajstić information content (AvgIpc) is 2.45. The molecule has 0 aliphatic carbocycles. The van der Waals surface area contributed by atoms with E-state index in [1.54, 1.807) is 24.3 Å². The van der Waals surface area contributed by atoms with Crippen LogP contribution in [0.1, 0.15) is 26.2 Å². The second-order valence-electron chi connectivity index (χ2n) is 5.05. The highest BCUT2D eigenvalue weighted by Gasteiger charge is 2.17. The van der Waals surface area contributed by atoms with Crippen LogP contribution in [0.2, 0.25) is 0 Å². The summed E-state index contributed by atoms with van der Waals surface area (Å²) >= 11 is 0. The van der Waals surface area contributed by atoms with Crippen molar-refractivity contribution in [1.82, 2.24) is 4.90 Å². The molecule has 5 heteroatoms. The zero-order valence-electron chi connectivity index (χ0n) is 12.3. The van der Waals surface area contributed by atoms with E-state index in [4.69, 9.17) is 10.8 Å². The fourth-order valence-electron chi connectivity index (χ4n) is 1.86. The maximum absolute atomic E-state index is 12.1. The molecule has 1 amide bonds. The van der Waals surface area contributed by atoms with Crippen molar-refractivity contribution in [2.75, 3.05) is 31.2 Å². The molecule has 1 atom stereocenters. The molecule has 0 aliphatic heterocycles. The summed E-state index contributed by atoms with van der Waals surface area (Å²) in [5.74, 6) is -0.0283. The Bertz CT molecular complexity index is 406. The lowest BCUT2D eigenvalue weighted by molar-refractivity contribution is -0.120. The van der Waals surface area contributed by atoms with E-state index >= 15 is 0 Å². The van der Waals surface area contributed by atoms with Crippen LogP contribution in [0.3, 0.4) is 0 Å². The van der Waals surface area contributed by atoms with E-state index in [9.17, 15) is 4.79 Å². The Balaban J connectivity index is 2.39. The van der Waals surface area contributed by atoms with Gasteiger partial charge in [-0.1, -0.05) is 0 Å². The summed E-state index contributed by atoms with van der Waals surface area (Å²) < 4.78 is 0. The van der Waals surface area contributed by atoms with Crippen molar-refractivity contribution in [1.29, 1.82) is 0 Å². The normalized spacial score (nSPS) is 12.4. The maximum Gasteiger partial charge on any atom is 0.241 e. The monoisotopic (exact) mass is 279 g/mol. The molecule has 0 aromatic heterocycles. The highest BCUT2D eigenvalue weighted by molar-refractivity contribution is 5.94. The molecule has 0 saturated carbocycles. The molecular weight excluding hydrogens is 254 g/mol. The number of anilines is 2. The third-order valence-electron chi connectivity index (χ3n) is 3.39. The van der Waals surface area contributed by atoms with Crippen molar-refractivity contribution >= 4 is 17.3 Å². The van der Waals surface area contributed by atoms with Gasteiger partial charge in [0.2, 0.25) is 5.91 Å². The number of carbonyl (C=O) groups is 1. The van der Waals surface area contributed by atoms with E-state index in [-0.39, 0.29) is 18.6 Å². The van der Waals surface area contributed by atoms with Gasteiger partial charge < -0.3 is 16.2 Å². The zero-order chi connectivity index (χ0) is 15.0. The second-order valence-corrected chi connectivity index (χ2v) is 5.05. The number of carbonyl (C=O) groups excluding carboxylic acids is 1. The number of hydrogen-bond donors (Lipinski definition) is 3. The SMILES string of the molecule is CC(C(=O)Nc1ccc(N)cc1)N(C)CCCCCO.